The van der Waals surface area contributed by atoms with Gasteiger partial charge in [-0.3, -0.25) is 0 Å². The van der Waals surface area contributed by atoms with Crippen molar-refractivity contribution < 1.29 is 22.6 Å². The molecule has 0 bridgehead atoms. The molecule has 0 radical (unpaired) electrons. The van der Waals surface area contributed by atoms with E-state index in [1.54, 1.807) is 0 Å². The van der Waals surface area contributed by atoms with Crippen molar-refractivity contribution in [3.05, 3.63) is 36.2 Å². The molecule has 35 heavy (non-hydrogen) atoms. The molecule has 4 nitrogen and oxygen atoms in total. The van der Waals surface area contributed by atoms with E-state index in [2.05, 4.69) is 16.9 Å². The zero-order valence-corrected chi connectivity index (χ0v) is 20.9. The number of halogens is 3. The van der Waals surface area contributed by atoms with Gasteiger partial charge in [-0.1, -0.05) is 77.6 Å². The van der Waals surface area contributed by atoms with Crippen molar-refractivity contribution in [2.45, 2.75) is 96.6 Å². The second-order valence-electron chi connectivity index (χ2n) is 9.59. The maximum Gasteiger partial charge on any atom is 0.201 e. The summed E-state index contributed by atoms with van der Waals surface area (Å²) >= 11 is 0. The van der Waals surface area contributed by atoms with Crippen LogP contribution in [0.1, 0.15) is 90.4 Å². The molecule has 194 valence electrons. The molecule has 1 aliphatic carbocycles. The molecule has 1 aliphatic rings. The molecule has 0 saturated heterocycles. The number of nitrogens with zero attached hydrogens (tertiary/aromatic N) is 2. The van der Waals surface area contributed by atoms with E-state index in [0.717, 1.165) is 44.4 Å². The van der Waals surface area contributed by atoms with Crippen molar-refractivity contribution in [2.75, 3.05) is 13.2 Å². The van der Waals surface area contributed by atoms with Gasteiger partial charge < -0.3 is 9.47 Å². The lowest BCUT2D eigenvalue weighted by molar-refractivity contribution is 0.177. The highest BCUT2D eigenvalue weighted by molar-refractivity contribution is 5.57. The van der Waals surface area contributed by atoms with Gasteiger partial charge in [0.25, 0.3) is 0 Å². The van der Waals surface area contributed by atoms with Crippen molar-refractivity contribution in [2.24, 2.45) is 5.92 Å². The molecule has 0 amide bonds. The Labute approximate surface area is 207 Å². The van der Waals surface area contributed by atoms with Crippen molar-refractivity contribution >= 4 is 0 Å². The van der Waals surface area contributed by atoms with Crippen molar-refractivity contribution in [3.63, 3.8) is 0 Å². The number of benzene rings is 1. The van der Waals surface area contributed by atoms with Gasteiger partial charge in [0.2, 0.25) is 5.82 Å². The third-order valence-electron chi connectivity index (χ3n) is 6.71. The zero-order valence-electron chi connectivity index (χ0n) is 20.9. The number of rotatable bonds is 16. The van der Waals surface area contributed by atoms with Crippen molar-refractivity contribution in [1.29, 1.82) is 0 Å². The highest BCUT2D eigenvalue weighted by atomic mass is 19.2. The SMILES string of the molecule is CCCCCC[C@@H](F)COc1ccc(-c2ncc(OCCCCCC3CCCC3)cn2)c(F)c1F. The third-order valence-corrected chi connectivity index (χ3v) is 6.71. The van der Waals surface area contributed by atoms with Gasteiger partial charge >= 0.3 is 0 Å². The molecule has 0 unspecified atom stereocenters. The second kappa shape index (κ2) is 14.9. The fourth-order valence-corrected chi connectivity index (χ4v) is 4.60. The van der Waals surface area contributed by atoms with Crippen LogP contribution in [0.2, 0.25) is 0 Å². The Morgan fingerprint density at radius 3 is 2.40 bits per heavy atom. The molecule has 1 saturated carbocycles. The molecule has 1 heterocycles. The average molecular weight is 493 g/mol. The van der Waals surface area contributed by atoms with Crippen LogP contribution < -0.4 is 9.47 Å². The molecule has 0 spiro atoms. The van der Waals surface area contributed by atoms with Crippen LogP contribution in [0.4, 0.5) is 13.2 Å². The molecule has 1 aromatic carbocycles. The monoisotopic (exact) mass is 492 g/mol. The lowest BCUT2D eigenvalue weighted by Crippen LogP contribution is -2.14. The highest BCUT2D eigenvalue weighted by Crippen LogP contribution is 2.30. The standard InChI is InChI=1S/C28H39F3N2O2/c1-2-3-4-7-14-22(29)20-35-25-16-15-24(26(30)27(25)31)28-32-18-23(19-33-28)34-17-10-5-6-11-21-12-8-9-13-21/h15-16,18-19,21-22H,2-14,17,20H2,1H3/t22-/m1/s1. The molecule has 3 rings (SSSR count). The summed E-state index contributed by atoms with van der Waals surface area (Å²) in [5.74, 6) is -1.12. The Bertz CT molecular complexity index is 873. The number of ether oxygens (including phenoxy) is 2. The maximum atomic E-state index is 14.6. The predicted molar refractivity (Wildman–Crippen MR) is 132 cm³/mol. The van der Waals surface area contributed by atoms with E-state index in [1.807, 2.05) is 0 Å². The minimum absolute atomic E-state index is 0.0520. The molecule has 0 N–H and O–H groups in total. The van der Waals surface area contributed by atoms with Crippen molar-refractivity contribution in [3.8, 4) is 22.9 Å². The smallest absolute Gasteiger partial charge is 0.201 e. The topological polar surface area (TPSA) is 44.2 Å². The highest BCUT2D eigenvalue weighted by Gasteiger charge is 2.19. The van der Waals surface area contributed by atoms with Gasteiger partial charge in [-0.25, -0.2) is 18.7 Å². The van der Waals surface area contributed by atoms with Gasteiger partial charge in [-0.05, 0) is 30.9 Å². The van der Waals surface area contributed by atoms with Crippen molar-refractivity contribution in [1.82, 2.24) is 9.97 Å². The van der Waals surface area contributed by atoms with Crippen LogP contribution in [0.3, 0.4) is 0 Å². The summed E-state index contributed by atoms with van der Waals surface area (Å²) < 4.78 is 54.0. The molecule has 1 fully saturated rings. The van der Waals surface area contributed by atoms with Crippen LogP contribution in [0.25, 0.3) is 11.4 Å². The minimum Gasteiger partial charge on any atom is -0.490 e. The van der Waals surface area contributed by atoms with Crippen LogP contribution in [0.15, 0.2) is 24.5 Å². The van der Waals surface area contributed by atoms with E-state index in [1.165, 1.54) is 63.1 Å². The molecule has 1 aromatic heterocycles. The summed E-state index contributed by atoms with van der Waals surface area (Å²) in [6, 6.07) is 2.64. The first kappa shape index (κ1) is 27.3. The first-order valence-electron chi connectivity index (χ1n) is 13.3. The van der Waals surface area contributed by atoms with Crippen LogP contribution in [-0.2, 0) is 0 Å². The predicted octanol–water partition coefficient (Wildman–Crippen LogP) is 8.24. The van der Waals surface area contributed by atoms with E-state index < -0.39 is 17.8 Å². The number of hydrogen-bond acceptors (Lipinski definition) is 4. The Morgan fingerprint density at radius 1 is 0.914 bits per heavy atom. The fourth-order valence-electron chi connectivity index (χ4n) is 4.60. The molecule has 2 aromatic rings. The van der Waals surface area contributed by atoms with Gasteiger partial charge in [-0.2, -0.15) is 4.39 Å². The summed E-state index contributed by atoms with van der Waals surface area (Å²) in [4.78, 5) is 8.25. The Balaban J connectivity index is 1.42. The van der Waals surface area contributed by atoms with E-state index in [0.29, 0.717) is 18.8 Å². The minimum atomic E-state index is -1.21. The summed E-state index contributed by atoms with van der Waals surface area (Å²) in [6.45, 7) is 2.37. The lowest BCUT2D eigenvalue weighted by atomic mass is 10.0. The van der Waals surface area contributed by atoms with Gasteiger partial charge in [0.15, 0.2) is 23.1 Å². The van der Waals surface area contributed by atoms with Crippen LogP contribution >= 0.6 is 0 Å². The Hall–Kier alpha value is -2.31. The first-order valence-corrected chi connectivity index (χ1v) is 13.3. The number of hydrogen-bond donors (Lipinski definition) is 0. The normalized spacial score (nSPS) is 14.9. The molecule has 1 atom stereocenters. The second-order valence-corrected chi connectivity index (χ2v) is 9.59. The number of aromatic nitrogens is 2. The van der Waals surface area contributed by atoms with E-state index in [4.69, 9.17) is 9.47 Å². The number of unbranched alkanes of at least 4 members (excludes halogenated alkanes) is 5. The van der Waals surface area contributed by atoms with Crippen LogP contribution in [-0.4, -0.2) is 29.4 Å². The summed E-state index contributed by atoms with van der Waals surface area (Å²) in [7, 11) is 0. The molecular weight excluding hydrogens is 453 g/mol. The Kier molecular flexibility index (Phi) is 11.6. The molecular formula is C28H39F3N2O2. The van der Waals surface area contributed by atoms with Gasteiger partial charge in [0.1, 0.15) is 12.8 Å². The summed E-state index contributed by atoms with van der Waals surface area (Å²) in [5.41, 5.74) is -0.0790. The third kappa shape index (κ3) is 9.01. The van der Waals surface area contributed by atoms with Gasteiger partial charge in [-0.15, -0.1) is 0 Å². The average Bonchev–Trinajstić information content (AvgIpc) is 3.39. The quantitative estimate of drug-likeness (QED) is 0.221. The Morgan fingerprint density at radius 2 is 1.66 bits per heavy atom. The summed E-state index contributed by atoms with van der Waals surface area (Å²) in [5, 5.41) is 0. The first-order chi connectivity index (χ1) is 17.1. The largest absolute Gasteiger partial charge is 0.490 e. The molecule has 7 heteroatoms. The lowest BCUT2D eigenvalue weighted by Gasteiger charge is -2.12. The van der Waals surface area contributed by atoms with E-state index in [9.17, 15) is 13.2 Å². The van der Waals surface area contributed by atoms with Crippen LogP contribution in [0.5, 0.6) is 11.5 Å². The van der Waals surface area contributed by atoms with Gasteiger partial charge in [0.05, 0.1) is 24.6 Å². The van der Waals surface area contributed by atoms with Gasteiger partial charge in [0, 0.05) is 0 Å². The van der Waals surface area contributed by atoms with Crippen LogP contribution in [0, 0.1) is 17.6 Å². The van der Waals surface area contributed by atoms with E-state index in [-0.39, 0.29) is 23.7 Å². The summed E-state index contributed by atoms with van der Waals surface area (Å²) in [6.07, 6.45) is 16.1. The maximum absolute atomic E-state index is 14.6. The van der Waals surface area contributed by atoms with E-state index >= 15 is 0 Å². The number of alkyl halides is 1. The fraction of sp³-hybridized carbons (Fsp3) is 0.643. The zero-order chi connectivity index (χ0) is 24.9. The molecule has 0 aliphatic heterocycles.